The van der Waals surface area contributed by atoms with Gasteiger partial charge in [-0.1, -0.05) is 0 Å². The maximum absolute atomic E-state index is 8.93. The highest BCUT2D eigenvalue weighted by Gasteiger charge is 2.04. The van der Waals surface area contributed by atoms with Crippen LogP contribution in [0.5, 0.6) is 0 Å². The smallest absolute Gasteiger partial charge is 0.148 e. The molecule has 0 aliphatic carbocycles. The van der Waals surface area contributed by atoms with E-state index in [1.165, 1.54) is 6.33 Å². The SMILES string of the molecule is Cc1ccc(C#N)c(Nc2cncnc2)n1. The molecule has 0 fully saturated rings. The third-order valence-electron chi connectivity index (χ3n) is 1.98. The normalized spacial score (nSPS) is 9.50. The molecule has 16 heavy (non-hydrogen) atoms. The minimum absolute atomic E-state index is 0.495. The Hall–Kier alpha value is -2.48. The maximum Gasteiger partial charge on any atom is 0.148 e. The number of nitrogens with one attached hydrogen (secondary N) is 1. The van der Waals surface area contributed by atoms with Gasteiger partial charge in [0.2, 0.25) is 0 Å². The van der Waals surface area contributed by atoms with Crippen molar-refractivity contribution in [2.75, 3.05) is 5.32 Å². The van der Waals surface area contributed by atoms with Gasteiger partial charge in [0.1, 0.15) is 18.2 Å². The van der Waals surface area contributed by atoms with Crippen molar-refractivity contribution in [1.82, 2.24) is 15.0 Å². The highest BCUT2D eigenvalue weighted by molar-refractivity contribution is 5.61. The van der Waals surface area contributed by atoms with Crippen LogP contribution in [0.3, 0.4) is 0 Å². The van der Waals surface area contributed by atoms with E-state index in [1.54, 1.807) is 24.5 Å². The van der Waals surface area contributed by atoms with Crippen LogP contribution in [0.2, 0.25) is 0 Å². The van der Waals surface area contributed by atoms with E-state index in [9.17, 15) is 0 Å². The highest BCUT2D eigenvalue weighted by Crippen LogP contribution is 2.17. The maximum atomic E-state index is 8.93. The summed E-state index contributed by atoms with van der Waals surface area (Å²) < 4.78 is 0. The van der Waals surface area contributed by atoms with Crippen LogP contribution in [-0.4, -0.2) is 15.0 Å². The Kier molecular flexibility index (Phi) is 2.74. The molecule has 5 nitrogen and oxygen atoms in total. The second-order valence-corrected chi connectivity index (χ2v) is 3.21. The molecule has 0 saturated heterocycles. The molecule has 2 heterocycles. The lowest BCUT2D eigenvalue weighted by atomic mass is 10.2. The summed E-state index contributed by atoms with van der Waals surface area (Å²) in [6.07, 6.45) is 4.69. The number of anilines is 2. The first-order chi connectivity index (χ1) is 7.79. The molecule has 2 aromatic heterocycles. The van der Waals surface area contributed by atoms with E-state index in [1.807, 2.05) is 6.92 Å². The zero-order chi connectivity index (χ0) is 11.4. The van der Waals surface area contributed by atoms with E-state index in [0.717, 1.165) is 5.69 Å². The lowest BCUT2D eigenvalue weighted by Gasteiger charge is -2.06. The average molecular weight is 211 g/mol. The van der Waals surface area contributed by atoms with E-state index < -0.39 is 0 Å². The number of rotatable bonds is 2. The van der Waals surface area contributed by atoms with Crippen molar-refractivity contribution in [2.45, 2.75) is 6.92 Å². The van der Waals surface area contributed by atoms with Gasteiger partial charge in [-0.3, -0.25) is 0 Å². The Morgan fingerprint density at radius 1 is 1.25 bits per heavy atom. The first-order valence-electron chi connectivity index (χ1n) is 4.69. The van der Waals surface area contributed by atoms with Gasteiger partial charge in [-0.25, -0.2) is 15.0 Å². The van der Waals surface area contributed by atoms with Crippen molar-refractivity contribution in [3.8, 4) is 6.07 Å². The van der Waals surface area contributed by atoms with Crippen molar-refractivity contribution >= 4 is 11.5 Å². The van der Waals surface area contributed by atoms with Gasteiger partial charge in [-0.2, -0.15) is 5.26 Å². The van der Waals surface area contributed by atoms with Crippen LogP contribution in [0.25, 0.3) is 0 Å². The molecule has 0 aliphatic rings. The number of hydrogen-bond donors (Lipinski definition) is 1. The summed E-state index contributed by atoms with van der Waals surface area (Å²) in [5.41, 5.74) is 2.05. The summed E-state index contributed by atoms with van der Waals surface area (Å²) in [5, 5.41) is 11.9. The summed E-state index contributed by atoms with van der Waals surface area (Å²) in [6.45, 7) is 1.87. The number of nitrogens with zero attached hydrogens (tertiary/aromatic N) is 4. The first-order valence-corrected chi connectivity index (χ1v) is 4.69. The highest BCUT2D eigenvalue weighted by atomic mass is 15.0. The third kappa shape index (κ3) is 2.12. The monoisotopic (exact) mass is 211 g/mol. The zero-order valence-electron chi connectivity index (χ0n) is 8.68. The van der Waals surface area contributed by atoms with Crippen molar-refractivity contribution < 1.29 is 0 Å². The van der Waals surface area contributed by atoms with E-state index >= 15 is 0 Å². The average Bonchev–Trinajstić information content (AvgIpc) is 2.31. The van der Waals surface area contributed by atoms with E-state index in [-0.39, 0.29) is 0 Å². The van der Waals surface area contributed by atoms with Gasteiger partial charge in [0, 0.05) is 5.69 Å². The van der Waals surface area contributed by atoms with Gasteiger partial charge in [0.25, 0.3) is 0 Å². The molecule has 0 bridgehead atoms. The van der Waals surface area contributed by atoms with E-state index in [2.05, 4.69) is 26.3 Å². The predicted octanol–water partition coefficient (Wildman–Crippen LogP) is 1.80. The fourth-order valence-corrected chi connectivity index (χ4v) is 1.24. The standard InChI is InChI=1S/C11H9N5/c1-8-2-3-9(4-12)11(15-8)16-10-5-13-7-14-6-10/h2-3,5-7H,1H3,(H,15,16). The van der Waals surface area contributed by atoms with Gasteiger partial charge in [-0.05, 0) is 19.1 Å². The van der Waals surface area contributed by atoms with Gasteiger partial charge in [0.15, 0.2) is 0 Å². The summed E-state index contributed by atoms with van der Waals surface area (Å²) >= 11 is 0. The van der Waals surface area contributed by atoms with E-state index in [4.69, 9.17) is 5.26 Å². The van der Waals surface area contributed by atoms with Crippen LogP contribution < -0.4 is 5.32 Å². The van der Waals surface area contributed by atoms with Gasteiger partial charge in [0.05, 0.1) is 23.6 Å². The van der Waals surface area contributed by atoms with Crippen LogP contribution in [0.1, 0.15) is 11.3 Å². The Bertz CT molecular complexity index is 530. The zero-order valence-corrected chi connectivity index (χ0v) is 8.68. The Morgan fingerprint density at radius 2 is 2.00 bits per heavy atom. The van der Waals surface area contributed by atoms with Gasteiger partial charge < -0.3 is 5.32 Å². The molecule has 0 saturated carbocycles. The topological polar surface area (TPSA) is 74.5 Å². The summed E-state index contributed by atoms with van der Waals surface area (Å²) in [7, 11) is 0. The van der Waals surface area contributed by atoms with Gasteiger partial charge in [-0.15, -0.1) is 0 Å². The molecule has 2 rings (SSSR count). The molecule has 0 unspecified atom stereocenters. The van der Waals surface area contributed by atoms with E-state index in [0.29, 0.717) is 17.1 Å². The van der Waals surface area contributed by atoms with Crippen molar-refractivity contribution in [3.63, 3.8) is 0 Å². The molecule has 0 aromatic carbocycles. The van der Waals surface area contributed by atoms with Crippen molar-refractivity contribution in [3.05, 3.63) is 42.1 Å². The summed E-state index contributed by atoms with van der Waals surface area (Å²) in [4.78, 5) is 12.0. The Labute approximate surface area is 92.8 Å². The summed E-state index contributed by atoms with van der Waals surface area (Å²) in [6, 6.07) is 5.60. The fraction of sp³-hybridized carbons (Fsp3) is 0.0909. The van der Waals surface area contributed by atoms with Crippen molar-refractivity contribution in [1.29, 1.82) is 5.26 Å². The molecule has 0 amide bonds. The van der Waals surface area contributed by atoms with Crippen LogP contribution in [-0.2, 0) is 0 Å². The number of aryl methyl sites for hydroxylation is 1. The molecule has 5 heteroatoms. The number of nitriles is 1. The molecule has 78 valence electrons. The van der Waals surface area contributed by atoms with Crippen molar-refractivity contribution in [2.24, 2.45) is 0 Å². The number of hydrogen-bond acceptors (Lipinski definition) is 5. The summed E-state index contributed by atoms with van der Waals surface area (Å²) in [5.74, 6) is 0.525. The fourth-order valence-electron chi connectivity index (χ4n) is 1.24. The lowest BCUT2D eigenvalue weighted by Crippen LogP contribution is -1.98. The Morgan fingerprint density at radius 3 is 2.69 bits per heavy atom. The van der Waals surface area contributed by atoms with Crippen LogP contribution >= 0.6 is 0 Å². The minimum atomic E-state index is 0.495. The van der Waals surface area contributed by atoms with Crippen LogP contribution in [0, 0.1) is 18.3 Å². The second-order valence-electron chi connectivity index (χ2n) is 3.21. The van der Waals surface area contributed by atoms with Gasteiger partial charge >= 0.3 is 0 Å². The minimum Gasteiger partial charge on any atom is -0.337 e. The molecule has 0 atom stereocenters. The number of pyridine rings is 1. The molecule has 2 aromatic rings. The Balaban J connectivity index is 2.35. The molecule has 1 N–H and O–H groups in total. The first kappa shape index (κ1) is 10.1. The molecule has 0 radical (unpaired) electrons. The van der Waals surface area contributed by atoms with Crippen LogP contribution in [0.15, 0.2) is 30.9 Å². The quantitative estimate of drug-likeness (QED) is 0.819. The molecular formula is C11H9N5. The second kappa shape index (κ2) is 4.36. The largest absolute Gasteiger partial charge is 0.337 e. The molecule has 0 aliphatic heterocycles. The predicted molar refractivity (Wildman–Crippen MR) is 59.0 cm³/mol. The number of aromatic nitrogens is 3. The third-order valence-corrected chi connectivity index (χ3v) is 1.98. The lowest BCUT2D eigenvalue weighted by molar-refractivity contribution is 1.15. The van der Waals surface area contributed by atoms with Crippen LogP contribution in [0.4, 0.5) is 11.5 Å². The molecule has 0 spiro atoms. The molecular weight excluding hydrogens is 202 g/mol.